The summed E-state index contributed by atoms with van der Waals surface area (Å²) in [6.45, 7) is 0.559. The molecule has 0 aliphatic rings. The molecule has 0 fully saturated rings. The van der Waals surface area contributed by atoms with Crippen LogP contribution in [-0.4, -0.2) is 34.5 Å². The van der Waals surface area contributed by atoms with Gasteiger partial charge < -0.3 is 0 Å². The smallest absolute Gasteiger partial charge is 0.251 e. The fourth-order valence-electron chi connectivity index (χ4n) is 2.58. The molecule has 0 unspecified atom stereocenters. The minimum atomic E-state index is -2.72. The van der Waals surface area contributed by atoms with Gasteiger partial charge in [0.2, 0.25) is 0 Å². The van der Waals surface area contributed by atoms with E-state index in [9.17, 15) is 8.78 Å². The number of aryl methyl sites for hydroxylation is 2. The van der Waals surface area contributed by atoms with Gasteiger partial charge in [-0.25, -0.2) is 14.6 Å². The molecule has 126 valence electrons. The van der Waals surface area contributed by atoms with E-state index in [1.54, 1.807) is 26.1 Å². The number of benzene rings is 1. The normalized spacial score (nSPS) is 11.6. The molecule has 9 heteroatoms. The van der Waals surface area contributed by atoms with Gasteiger partial charge in [0.1, 0.15) is 11.5 Å². The number of aromatic nitrogens is 7. The summed E-state index contributed by atoms with van der Waals surface area (Å²) in [5, 5.41) is 8.25. The molecule has 1 aromatic carbocycles. The summed E-state index contributed by atoms with van der Waals surface area (Å²) in [5.41, 5.74) is 2.09. The highest BCUT2D eigenvalue weighted by Gasteiger charge is 2.19. The zero-order valence-corrected chi connectivity index (χ0v) is 13.4. The first-order chi connectivity index (χ1) is 12.0. The lowest BCUT2D eigenvalue weighted by atomic mass is 10.3. The van der Waals surface area contributed by atoms with Crippen LogP contribution in [0, 0.1) is 13.8 Å². The Kier molecular flexibility index (Phi) is 3.48. The Morgan fingerprint density at radius 3 is 2.48 bits per heavy atom. The highest BCUT2D eigenvalue weighted by atomic mass is 19.3. The largest absolute Gasteiger partial charge is 0.333 e. The van der Waals surface area contributed by atoms with Crippen molar-refractivity contribution in [2.24, 2.45) is 0 Å². The van der Waals surface area contributed by atoms with Crippen LogP contribution in [0.25, 0.3) is 28.4 Å². The Bertz CT molecular complexity index is 1070. The van der Waals surface area contributed by atoms with Crippen molar-refractivity contribution in [1.82, 2.24) is 34.5 Å². The minimum Gasteiger partial charge on any atom is -0.251 e. The quantitative estimate of drug-likeness (QED) is 0.572. The molecule has 7 nitrogen and oxygen atoms in total. The first-order valence-corrected chi connectivity index (χ1v) is 7.53. The van der Waals surface area contributed by atoms with Crippen LogP contribution in [-0.2, 0) is 0 Å². The summed E-state index contributed by atoms with van der Waals surface area (Å²) in [6, 6.07) is 8.97. The fourth-order valence-corrected chi connectivity index (χ4v) is 2.58. The fraction of sp³-hybridized carbons (Fsp3) is 0.188. The first kappa shape index (κ1) is 15.3. The van der Waals surface area contributed by atoms with E-state index in [-0.39, 0.29) is 0 Å². The van der Waals surface area contributed by atoms with Crippen molar-refractivity contribution >= 4 is 11.0 Å². The molecular formula is C16H13F2N7. The van der Waals surface area contributed by atoms with Gasteiger partial charge >= 0.3 is 6.55 Å². The van der Waals surface area contributed by atoms with Crippen LogP contribution in [0.4, 0.5) is 8.78 Å². The Morgan fingerprint density at radius 2 is 1.76 bits per heavy atom. The Morgan fingerprint density at radius 1 is 1.00 bits per heavy atom. The maximum Gasteiger partial charge on any atom is 0.333 e. The third-order valence-electron chi connectivity index (χ3n) is 3.70. The Balaban J connectivity index is 1.87. The lowest BCUT2D eigenvalue weighted by Crippen LogP contribution is -2.05. The predicted molar refractivity (Wildman–Crippen MR) is 86.4 cm³/mol. The highest BCUT2D eigenvalue weighted by molar-refractivity contribution is 5.74. The van der Waals surface area contributed by atoms with Gasteiger partial charge in [-0.15, -0.1) is 5.10 Å². The number of fused-ring (bicyclic) bond motifs is 1. The van der Waals surface area contributed by atoms with Gasteiger partial charge in [0, 0.05) is 5.69 Å². The van der Waals surface area contributed by atoms with Crippen molar-refractivity contribution in [1.29, 1.82) is 0 Å². The lowest BCUT2D eigenvalue weighted by Gasteiger charge is -2.04. The minimum absolute atomic E-state index is 0.299. The summed E-state index contributed by atoms with van der Waals surface area (Å²) in [7, 11) is 0. The van der Waals surface area contributed by atoms with Crippen LogP contribution in [0.2, 0.25) is 0 Å². The van der Waals surface area contributed by atoms with Gasteiger partial charge in [-0.3, -0.25) is 4.98 Å². The van der Waals surface area contributed by atoms with Gasteiger partial charge in [0.25, 0.3) is 0 Å². The number of para-hydroxylation sites is 2. The molecule has 0 aliphatic carbocycles. The molecule has 0 atom stereocenters. The van der Waals surface area contributed by atoms with E-state index in [2.05, 4.69) is 25.1 Å². The maximum atomic E-state index is 13.0. The molecule has 0 aliphatic heterocycles. The van der Waals surface area contributed by atoms with E-state index < -0.39 is 6.55 Å². The van der Waals surface area contributed by atoms with Crippen LogP contribution < -0.4 is 0 Å². The summed E-state index contributed by atoms with van der Waals surface area (Å²) in [4.78, 5) is 13.2. The number of halogens is 2. The third kappa shape index (κ3) is 2.63. The van der Waals surface area contributed by atoms with Crippen LogP contribution in [0.5, 0.6) is 0 Å². The van der Waals surface area contributed by atoms with Crippen LogP contribution in [0.1, 0.15) is 18.1 Å². The summed E-state index contributed by atoms with van der Waals surface area (Å²) in [5.74, 6) is 1.26. The van der Waals surface area contributed by atoms with Crippen molar-refractivity contribution in [2.75, 3.05) is 0 Å². The summed E-state index contributed by atoms with van der Waals surface area (Å²) >= 11 is 0. The van der Waals surface area contributed by atoms with Crippen LogP contribution in [0.15, 0.2) is 36.5 Å². The number of alkyl halides is 2. The molecule has 0 saturated carbocycles. The number of hydrogen-bond donors (Lipinski definition) is 0. The monoisotopic (exact) mass is 341 g/mol. The molecule has 0 N–H and O–H groups in total. The number of nitrogens with zero attached hydrogens (tertiary/aromatic N) is 7. The molecule has 25 heavy (non-hydrogen) atoms. The molecule has 0 amide bonds. The average Bonchev–Trinajstić information content (AvgIpc) is 3.17. The number of rotatable bonds is 3. The van der Waals surface area contributed by atoms with Gasteiger partial charge in [0.15, 0.2) is 11.6 Å². The second-order valence-electron chi connectivity index (χ2n) is 5.50. The van der Waals surface area contributed by atoms with Crippen molar-refractivity contribution in [3.63, 3.8) is 0 Å². The Hall–Kier alpha value is -3.23. The zero-order valence-electron chi connectivity index (χ0n) is 13.4. The van der Waals surface area contributed by atoms with Crippen molar-refractivity contribution in [2.45, 2.75) is 20.4 Å². The van der Waals surface area contributed by atoms with Gasteiger partial charge in [-0.1, -0.05) is 12.1 Å². The molecule has 4 aromatic rings. The molecular weight excluding hydrogens is 328 g/mol. The van der Waals surface area contributed by atoms with Gasteiger partial charge in [0.05, 0.1) is 17.2 Å². The van der Waals surface area contributed by atoms with E-state index in [1.807, 2.05) is 24.3 Å². The van der Waals surface area contributed by atoms with Gasteiger partial charge in [-0.05, 0) is 32.0 Å². The molecule has 0 bridgehead atoms. The van der Waals surface area contributed by atoms with Crippen molar-refractivity contribution < 1.29 is 8.78 Å². The van der Waals surface area contributed by atoms with Crippen LogP contribution in [0.3, 0.4) is 0 Å². The first-order valence-electron chi connectivity index (χ1n) is 7.53. The van der Waals surface area contributed by atoms with E-state index in [1.165, 1.54) is 4.68 Å². The molecule has 0 spiro atoms. The summed E-state index contributed by atoms with van der Waals surface area (Å²) in [6.07, 6.45) is 1.57. The molecule has 3 heterocycles. The molecule has 0 radical (unpaired) electrons. The molecule has 3 aromatic heterocycles. The second-order valence-corrected chi connectivity index (χ2v) is 5.50. The van der Waals surface area contributed by atoms with E-state index >= 15 is 0 Å². The predicted octanol–water partition coefficient (Wildman–Crippen LogP) is 3.09. The molecule has 0 saturated heterocycles. The van der Waals surface area contributed by atoms with E-state index in [4.69, 9.17) is 0 Å². The standard InChI is InChI=1S/C16H13F2N7/c1-9-7-13(23-24(9)16(17)18)15-20-10(2)22-25(15)14-8-19-11-5-3-4-6-12(11)21-14/h3-8,16H,1-2H3. The van der Waals surface area contributed by atoms with E-state index in [0.717, 1.165) is 5.52 Å². The van der Waals surface area contributed by atoms with E-state index in [0.29, 0.717) is 39.1 Å². The van der Waals surface area contributed by atoms with Crippen molar-refractivity contribution in [3.8, 4) is 17.3 Å². The topological polar surface area (TPSA) is 74.3 Å². The SMILES string of the molecule is Cc1nc(-c2cc(C)n(C(F)F)n2)n(-c2cnc3ccccc3n2)n1. The Labute approximate surface area is 141 Å². The molecule has 4 rings (SSSR count). The summed E-state index contributed by atoms with van der Waals surface area (Å²) < 4.78 is 28.1. The zero-order chi connectivity index (χ0) is 17.6. The maximum absolute atomic E-state index is 13.0. The second kappa shape index (κ2) is 5.69. The third-order valence-corrected chi connectivity index (χ3v) is 3.70. The van der Waals surface area contributed by atoms with Gasteiger partial charge in [-0.2, -0.15) is 18.6 Å². The van der Waals surface area contributed by atoms with Crippen molar-refractivity contribution in [3.05, 3.63) is 48.0 Å². The van der Waals surface area contributed by atoms with Crippen LogP contribution >= 0.6 is 0 Å². The number of hydrogen-bond acceptors (Lipinski definition) is 5. The average molecular weight is 341 g/mol. The highest BCUT2D eigenvalue weighted by Crippen LogP contribution is 2.23. The lowest BCUT2D eigenvalue weighted by molar-refractivity contribution is 0.0546.